The van der Waals surface area contributed by atoms with Crippen LogP contribution in [0.4, 0.5) is 0 Å². The normalized spacial score (nSPS) is 14.3. The predicted octanol–water partition coefficient (Wildman–Crippen LogP) is 7.40. The highest BCUT2D eigenvalue weighted by molar-refractivity contribution is 6.36. The van der Waals surface area contributed by atoms with Crippen molar-refractivity contribution in [2.45, 2.75) is 52.7 Å². The molecule has 0 radical (unpaired) electrons. The van der Waals surface area contributed by atoms with Gasteiger partial charge in [0.1, 0.15) is 11.9 Å². The third-order valence-corrected chi connectivity index (χ3v) is 6.65. The fraction of sp³-hybridized carbons (Fsp3) is 0.310. The molecule has 0 aliphatic carbocycles. The van der Waals surface area contributed by atoms with E-state index in [0.717, 1.165) is 56.1 Å². The number of pyridine rings is 1. The van der Waals surface area contributed by atoms with Gasteiger partial charge in [0.15, 0.2) is 5.78 Å². The number of Topliss-reactive ketones (excluding diaryl/α,β-unsaturated/α-hetero) is 1. The van der Waals surface area contributed by atoms with E-state index in [2.05, 4.69) is 18.2 Å². The van der Waals surface area contributed by atoms with Crippen molar-refractivity contribution in [2.24, 2.45) is 0 Å². The van der Waals surface area contributed by atoms with Gasteiger partial charge in [-0.3, -0.25) is 9.78 Å². The minimum absolute atomic E-state index is 0.0420. The number of aryl methyl sites for hydroxylation is 1. The third kappa shape index (κ3) is 3.85. The highest BCUT2D eigenvalue weighted by atomic mass is 35.5. The van der Waals surface area contributed by atoms with Crippen molar-refractivity contribution in [3.63, 3.8) is 0 Å². The SMILES string of the molecule is CC(=O)C(OC(C)(C)C)c1c(C)cc2c(Cl)cccc2c1-c1ccc2c3c(ccnc13)CCO2. The minimum atomic E-state index is -0.722. The Kier molecular flexibility index (Phi) is 5.62. The van der Waals surface area contributed by atoms with Crippen LogP contribution in [-0.4, -0.2) is 23.0 Å². The van der Waals surface area contributed by atoms with Crippen LogP contribution < -0.4 is 4.74 Å². The zero-order valence-electron chi connectivity index (χ0n) is 20.2. The molecule has 1 aliphatic rings. The zero-order chi connectivity index (χ0) is 24.2. The summed E-state index contributed by atoms with van der Waals surface area (Å²) in [5.41, 5.74) is 5.27. The summed E-state index contributed by atoms with van der Waals surface area (Å²) in [6, 6.07) is 14.1. The van der Waals surface area contributed by atoms with Crippen molar-refractivity contribution in [1.82, 2.24) is 4.98 Å². The van der Waals surface area contributed by atoms with Crippen LogP contribution in [0.3, 0.4) is 0 Å². The number of rotatable bonds is 4. The Morgan fingerprint density at radius 3 is 2.68 bits per heavy atom. The van der Waals surface area contributed by atoms with Crippen LogP contribution in [-0.2, 0) is 16.0 Å². The lowest BCUT2D eigenvalue weighted by molar-refractivity contribution is -0.138. The Hall–Kier alpha value is -2.95. The summed E-state index contributed by atoms with van der Waals surface area (Å²) in [5.74, 6) is 0.804. The van der Waals surface area contributed by atoms with E-state index >= 15 is 0 Å². The van der Waals surface area contributed by atoms with E-state index in [1.807, 2.05) is 58.2 Å². The number of fused-ring (bicyclic) bond motifs is 1. The summed E-state index contributed by atoms with van der Waals surface area (Å²) in [5, 5.41) is 3.61. The second kappa shape index (κ2) is 8.37. The van der Waals surface area contributed by atoms with Gasteiger partial charge in [-0.25, -0.2) is 0 Å². The fourth-order valence-electron chi connectivity index (χ4n) is 4.97. The van der Waals surface area contributed by atoms with Gasteiger partial charge in [0, 0.05) is 34.0 Å². The fourth-order valence-corrected chi connectivity index (χ4v) is 5.20. The number of ketones is 1. The Morgan fingerprint density at radius 1 is 1.15 bits per heavy atom. The monoisotopic (exact) mass is 473 g/mol. The second-order valence-electron chi connectivity index (χ2n) is 9.94. The molecule has 0 bridgehead atoms. The number of hydrogen-bond acceptors (Lipinski definition) is 4. The zero-order valence-corrected chi connectivity index (χ0v) is 20.9. The van der Waals surface area contributed by atoms with Gasteiger partial charge < -0.3 is 9.47 Å². The van der Waals surface area contributed by atoms with Crippen molar-refractivity contribution in [1.29, 1.82) is 0 Å². The number of aromatic nitrogens is 1. The van der Waals surface area contributed by atoms with Crippen molar-refractivity contribution < 1.29 is 14.3 Å². The second-order valence-corrected chi connectivity index (χ2v) is 10.3. The van der Waals surface area contributed by atoms with Gasteiger partial charge in [-0.2, -0.15) is 0 Å². The molecule has 4 aromatic rings. The molecular formula is C29H28ClNO3. The lowest BCUT2D eigenvalue weighted by Gasteiger charge is -2.30. The molecular weight excluding hydrogens is 446 g/mol. The maximum atomic E-state index is 13.0. The van der Waals surface area contributed by atoms with E-state index < -0.39 is 11.7 Å². The van der Waals surface area contributed by atoms with Crippen LogP contribution in [0.2, 0.25) is 5.02 Å². The van der Waals surface area contributed by atoms with Gasteiger partial charge >= 0.3 is 0 Å². The van der Waals surface area contributed by atoms with Crippen LogP contribution >= 0.6 is 11.6 Å². The van der Waals surface area contributed by atoms with E-state index in [0.29, 0.717) is 11.6 Å². The Morgan fingerprint density at radius 2 is 1.94 bits per heavy atom. The van der Waals surface area contributed by atoms with Crippen LogP contribution in [0, 0.1) is 6.92 Å². The molecule has 0 fully saturated rings. The summed E-state index contributed by atoms with van der Waals surface area (Å²) >= 11 is 6.66. The molecule has 174 valence electrons. The van der Waals surface area contributed by atoms with E-state index in [9.17, 15) is 4.79 Å². The van der Waals surface area contributed by atoms with Gasteiger partial charge in [0.05, 0.1) is 17.7 Å². The van der Waals surface area contributed by atoms with Gasteiger partial charge in [0.25, 0.3) is 0 Å². The smallest absolute Gasteiger partial charge is 0.163 e. The maximum absolute atomic E-state index is 13.0. The quantitative estimate of drug-likeness (QED) is 0.310. The average Bonchev–Trinajstić information content (AvgIpc) is 2.78. The lowest BCUT2D eigenvalue weighted by Crippen LogP contribution is -2.27. The van der Waals surface area contributed by atoms with E-state index in [1.54, 1.807) is 6.92 Å². The maximum Gasteiger partial charge on any atom is 0.163 e. The van der Waals surface area contributed by atoms with Crippen molar-refractivity contribution in [3.8, 4) is 16.9 Å². The van der Waals surface area contributed by atoms with Gasteiger partial charge in [-0.05, 0) is 92.6 Å². The highest BCUT2D eigenvalue weighted by Crippen LogP contribution is 2.46. The average molecular weight is 474 g/mol. The van der Waals surface area contributed by atoms with Gasteiger partial charge in [-0.15, -0.1) is 0 Å². The van der Waals surface area contributed by atoms with Crippen molar-refractivity contribution in [2.75, 3.05) is 6.61 Å². The van der Waals surface area contributed by atoms with Crippen LogP contribution in [0.25, 0.3) is 32.8 Å². The van der Waals surface area contributed by atoms with E-state index in [-0.39, 0.29) is 5.78 Å². The molecule has 0 spiro atoms. The number of carbonyl (C=O) groups is 1. The summed E-state index contributed by atoms with van der Waals surface area (Å²) in [6.45, 7) is 10.2. The number of nitrogens with zero attached hydrogens (tertiary/aromatic N) is 1. The molecule has 5 heteroatoms. The molecule has 0 amide bonds. The third-order valence-electron chi connectivity index (χ3n) is 6.32. The van der Waals surface area contributed by atoms with Crippen LogP contribution in [0.15, 0.2) is 48.7 Å². The molecule has 1 unspecified atom stereocenters. The van der Waals surface area contributed by atoms with E-state index in [4.69, 9.17) is 26.1 Å². The first kappa shape index (κ1) is 22.8. The molecule has 1 aromatic heterocycles. The summed E-state index contributed by atoms with van der Waals surface area (Å²) in [6.07, 6.45) is 1.97. The summed E-state index contributed by atoms with van der Waals surface area (Å²) < 4.78 is 12.3. The first-order chi connectivity index (χ1) is 16.2. The summed E-state index contributed by atoms with van der Waals surface area (Å²) in [7, 11) is 0. The molecule has 4 nitrogen and oxygen atoms in total. The predicted molar refractivity (Wildman–Crippen MR) is 138 cm³/mol. The number of ether oxygens (including phenoxy) is 2. The Bertz CT molecular complexity index is 1440. The number of halogens is 1. The van der Waals surface area contributed by atoms with Crippen LogP contribution in [0.1, 0.15) is 50.5 Å². The molecule has 0 saturated heterocycles. The standard InChI is InChI=1S/C29H28ClNO3/c1-16-15-21-19(7-6-8-22(21)30)26(24(16)28(17(2)32)34-29(3,4)5)20-9-10-23-25-18(12-14-33-23)11-13-31-27(20)25/h6-11,13,15,28H,12,14H2,1-5H3. The Balaban J connectivity index is 1.93. The highest BCUT2D eigenvalue weighted by Gasteiger charge is 2.31. The van der Waals surface area contributed by atoms with Gasteiger partial charge in [-0.1, -0.05) is 23.7 Å². The van der Waals surface area contributed by atoms with Crippen molar-refractivity contribution in [3.05, 3.63) is 70.4 Å². The lowest BCUT2D eigenvalue weighted by atomic mass is 9.85. The number of benzene rings is 3. The first-order valence-corrected chi connectivity index (χ1v) is 12.0. The minimum Gasteiger partial charge on any atom is -0.493 e. The molecule has 3 aromatic carbocycles. The largest absolute Gasteiger partial charge is 0.493 e. The summed E-state index contributed by atoms with van der Waals surface area (Å²) in [4.78, 5) is 17.8. The molecule has 2 heterocycles. The molecule has 34 heavy (non-hydrogen) atoms. The van der Waals surface area contributed by atoms with E-state index in [1.165, 1.54) is 5.56 Å². The first-order valence-electron chi connectivity index (χ1n) is 11.6. The van der Waals surface area contributed by atoms with Gasteiger partial charge in [0.2, 0.25) is 0 Å². The molecule has 1 aliphatic heterocycles. The Labute approximate surface area is 204 Å². The number of carbonyl (C=O) groups excluding carboxylic acids is 1. The molecule has 0 N–H and O–H groups in total. The molecule has 5 rings (SSSR count). The van der Waals surface area contributed by atoms with Crippen molar-refractivity contribution >= 4 is 39.1 Å². The topological polar surface area (TPSA) is 48.4 Å². The van der Waals surface area contributed by atoms with Crippen LogP contribution in [0.5, 0.6) is 5.75 Å². The molecule has 1 atom stereocenters. The number of hydrogen-bond donors (Lipinski definition) is 0. The molecule has 0 saturated carbocycles.